The van der Waals surface area contributed by atoms with Gasteiger partial charge in [-0.15, -0.1) is 11.3 Å². The van der Waals surface area contributed by atoms with Crippen LogP contribution in [0.15, 0.2) is 58.5 Å². The number of fused-ring (bicyclic) bond motifs is 2. The van der Waals surface area contributed by atoms with Crippen LogP contribution in [0.1, 0.15) is 84.5 Å². The summed E-state index contributed by atoms with van der Waals surface area (Å²) in [4.78, 5) is 56.6. The first-order chi connectivity index (χ1) is 27.6. The van der Waals surface area contributed by atoms with E-state index >= 15 is 0 Å². The van der Waals surface area contributed by atoms with E-state index in [0.29, 0.717) is 66.2 Å². The average molecular weight is 859 g/mol. The van der Waals surface area contributed by atoms with E-state index in [1.165, 1.54) is 27.8 Å². The largest absolute Gasteiger partial charge is 0.356 e. The van der Waals surface area contributed by atoms with Crippen LogP contribution in [0.5, 0.6) is 0 Å². The number of carbonyl (C=O) groups is 3. The van der Waals surface area contributed by atoms with Gasteiger partial charge in [0.1, 0.15) is 27.8 Å². The van der Waals surface area contributed by atoms with Crippen LogP contribution >= 0.6 is 46.1 Å². The second kappa shape index (κ2) is 16.1. The fourth-order valence-electron chi connectivity index (χ4n) is 7.84. The molecule has 12 nitrogen and oxygen atoms in total. The number of anilines is 2. The van der Waals surface area contributed by atoms with Crippen molar-refractivity contribution in [1.82, 2.24) is 15.0 Å². The Morgan fingerprint density at radius 2 is 1.59 bits per heavy atom. The monoisotopic (exact) mass is 857 g/mol. The number of aryl methyl sites for hydroxylation is 2. The molecule has 0 bridgehead atoms. The lowest BCUT2D eigenvalue weighted by atomic mass is 9.94. The van der Waals surface area contributed by atoms with Gasteiger partial charge in [-0.25, -0.2) is 0 Å². The van der Waals surface area contributed by atoms with Crippen LogP contribution in [0, 0.1) is 30.6 Å². The molecule has 4 aromatic rings. The zero-order valence-electron chi connectivity index (χ0n) is 33.2. The van der Waals surface area contributed by atoms with Gasteiger partial charge in [-0.05, 0) is 102 Å². The van der Waals surface area contributed by atoms with Crippen LogP contribution in [0.25, 0.3) is 0 Å². The Hall–Kier alpha value is -4.76. The Balaban J connectivity index is 1.13. The first-order valence-electron chi connectivity index (χ1n) is 19.3. The highest BCUT2D eigenvalue weighted by molar-refractivity contribution is 7.17. The smallest absolute Gasteiger partial charge is 0.255 e. The molecule has 302 valence electrons. The van der Waals surface area contributed by atoms with Gasteiger partial charge < -0.3 is 15.5 Å². The number of hydrogen-bond acceptors (Lipinski definition) is 10. The van der Waals surface area contributed by atoms with Crippen LogP contribution in [0.2, 0.25) is 10.0 Å². The molecule has 3 aliphatic rings. The van der Waals surface area contributed by atoms with Crippen molar-refractivity contribution in [2.24, 2.45) is 15.9 Å². The van der Waals surface area contributed by atoms with Crippen LogP contribution in [0.4, 0.5) is 10.8 Å². The Morgan fingerprint density at radius 3 is 2.17 bits per heavy atom. The van der Waals surface area contributed by atoms with Gasteiger partial charge in [0.2, 0.25) is 11.8 Å². The van der Waals surface area contributed by atoms with Crippen molar-refractivity contribution in [1.29, 1.82) is 10.8 Å². The highest BCUT2D eigenvalue weighted by Crippen LogP contribution is 2.52. The van der Waals surface area contributed by atoms with E-state index in [4.69, 9.17) is 38.6 Å². The van der Waals surface area contributed by atoms with Crippen LogP contribution in [0.3, 0.4) is 0 Å². The number of rotatable bonds is 11. The van der Waals surface area contributed by atoms with Gasteiger partial charge in [0.25, 0.3) is 5.91 Å². The first-order valence-corrected chi connectivity index (χ1v) is 21.6. The summed E-state index contributed by atoms with van der Waals surface area (Å²) in [5.41, 5.74) is 2.94. The molecule has 3 atom stereocenters. The average Bonchev–Trinajstić information content (AvgIpc) is 3.74. The molecule has 1 spiro atoms. The molecule has 16 heteroatoms. The molecule has 0 radical (unpaired) electrons. The number of thiophene rings is 1. The van der Waals surface area contributed by atoms with E-state index in [1.54, 1.807) is 43.0 Å². The predicted octanol–water partition coefficient (Wildman–Crippen LogP) is 7.76. The molecule has 2 aromatic carbocycles. The molecule has 1 fully saturated rings. The van der Waals surface area contributed by atoms with Crippen LogP contribution in [-0.2, 0) is 20.8 Å². The maximum Gasteiger partial charge on any atom is 0.255 e. The zero-order valence-corrected chi connectivity index (χ0v) is 36.3. The van der Waals surface area contributed by atoms with Gasteiger partial charge in [-0.2, -0.15) is 4.37 Å². The van der Waals surface area contributed by atoms with E-state index in [2.05, 4.69) is 15.0 Å². The van der Waals surface area contributed by atoms with Gasteiger partial charge in [0, 0.05) is 56.1 Å². The minimum Gasteiger partial charge on any atom is -0.356 e. The number of halogens is 2. The number of nitrogens with zero attached hydrogens (tertiary/aromatic N) is 5. The number of nitrogens with one attached hydrogen (secondary N) is 4. The second-order valence-electron chi connectivity index (χ2n) is 15.0. The number of hydrogen-bond donors (Lipinski definition) is 4. The number of amidine groups is 2. The summed E-state index contributed by atoms with van der Waals surface area (Å²) in [6.07, 6.45) is 1.49. The van der Waals surface area contributed by atoms with E-state index in [1.807, 2.05) is 52.0 Å². The molecule has 4 N–H and O–H groups in total. The lowest BCUT2D eigenvalue weighted by molar-refractivity contribution is -0.129. The lowest BCUT2D eigenvalue weighted by Crippen LogP contribution is -2.48. The van der Waals surface area contributed by atoms with Crippen molar-refractivity contribution in [3.63, 3.8) is 0 Å². The van der Waals surface area contributed by atoms with Gasteiger partial charge in [-0.3, -0.25) is 40.1 Å². The fraction of sp³-hybridized carbons (Fsp3) is 0.381. The molecule has 2 aliphatic heterocycles. The minimum absolute atomic E-state index is 0.0571. The van der Waals surface area contributed by atoms with Crippen molar-refractivity contribution in [2.75, 3.05) is 29.4 Å². The maximum atomic E-state index is 14.3. The summed E-state index contributed by atoms with van der Waals surface area (Å²) in [5, 5.41) is 25.9. The Kier molecular flexibility index (Phi) is 11.5. The standard InChI is InChI=1S/C42H45Cl2N9O3S2/c1-7-47-31(54)21-41(6)40(56)52(8-2)38-32(34(49-41)25-11-15-27(43)16-12-25)22(3)30(57-38)10-9-19-48-37(55)29-20-42(29)39(46)53(24(5)45)36-33(23(4)58-51-36)35(50-42)26-13-17-28(44)18-14-26/h11-18,29,45-46H,7-10,19-21H2,1-6H3,(H,47,54)(H,48,55). The third-order valence-corrected chi connectivity index (χ3v) is 13.5. The van der Waals surface area contributed by atoms with Crippen LogP contribution in [-0.4, -0.2) is 75.9 Å². The summed E-state index contributed by atoms with van der Waals surface area (Å²) in [6, 6.07) is 14.7. The fourth-order valence-corrected chi connectivity index (χ4v) is 10.2. The van der Waals surface area contributed by atoms with E-state index in [9.17, 15) is 19.8 Å². The van der Waals surface area contributed by atoms with Crippen LogP contribution < -0.4 is 20.4 Å². The first kappa shape index (κ1) is 41.4. The number of benzene rings is 2. The van der Waals surface area contributed by atoms with Crippen molar-refractivity contribution in [2.45, 2.75) is 78.3 Å². The second-order valence-corrected chi connectivity index (χ2v) is 17.9. The number of carbonyl (C=O) groups excluding carboxylic acids is 3. The van der Waals surface area contributed by atoms with E-state index in [-0.39, 0.29) is 35.8 Å². The van der Waals surface area contributed by atoms with Crippen molar-refractivity contribution in [3.05, 3.63) is 96.1 Å². The molecule has 3 amide bonds. The lowest BCUT2D eigenvalue weighted by Gasteiger charge is -2.28. The van der Waals surface area contributed by atoms with Crippen molar-refractivity contribution < 1.29 is 14.4 Å². The maximum absolute atomic E-state index is 14.3. The number of amides is 3. The van der Waals surface area contributed by atoms with Gasteiger partial charge >= 0.3 is 0 Å². The topological polar surface area (TPSA) is 167 Å². The summed E-state index contributed by atoms with van der Waals surface area (Å²) < 4.78 is 4.65. The molecular weight excluding hydrogens is 814 g/mol. The van der Waals surface area contributed by atoms with Crippen molar-refractivity contribution >= 4 is 97.7 Å². The third-order valence-electron chi connectivity index (χ3n) is 10.9. The molecule has 4 heterocycles. The quantitative estimate of drug-likeness (QED) is 0.0687. The van der Waals surface area contributed by atoms with Crippen molar-refractivity contribution in [3.8, 4) is 0 Å². The SMILES string of the molecule is CCNC(=O)CC1(C)N=C(c2ccc(Cl)cc2)c2c(sc(CCCNC(=O)C3CC34N=C(c3ccc(Cl)cc3)c3c(nsc3C)N(C(C)=N)C4=N)c2C)N(CC)C1=O. The highest BCUT2D eigenvalue weighted by Gasteiger charge is 2.65. The van der Waals surface area contributed by atoms with E-state index < -0.39 is 17.0 Å². The summed E-state index contributed by atoms with van der Waals surface area (Å²) >= 11 is 15.3. The summed E-state index contributed by atoms with van der Waals surface area (Å²) in [6.45, 7) is 12.3. The summed E-state index contributed by atoms with van der Waals surface area (Å²) in [5.74, 6) is -0.640. The molecule has 2 aromatic heterocycles. The Labute approximate surface area is 355 Å². The molecule has 0 saturated heterocycles. The minimum atomic E-state index is -1.33. The van der Waals surface area contributed by atoms with Gasteiger partial charge in [0.15, 0.2) is 5.82 Å². The Morgan fingerprint density at radius 1 is 0.966 bits per heavy atom. The highest BCUT2D eigenvalue weighted by atomic mass is 35.5. The van der Waals surface area contributed by atoms with Gasteiger partial charge in [-0.1, -0.05) is 47.5 Å². The molecule has 7 rings (SSSR count). The number of aromatic nitrogens is 1. The zero-order chi connectivity index (χ0) is 41.7. The predicted molar refractivity (Wildman–Crippen MR) is 236 cm³/mol. The number of aliphatic imine (C=N–C) groups is 2. The summed E-state index contributed by atoms with van der Waals surface area (Å²) in [7, 11) is 0. The molecular formula is C42H45Cl2N9O3S2. The Bertz CT molecular complexity index is 2410. The van der Waals surface area contributed by atoms with E-state index in [0.717, 1.165) is 42.6 Å². The molecule has 1 aliphatic carbocycles. The normalized spacial score (nSPS) is 21.1. The molecule has 1 saturated carbocycles. The third kappa shape index (κ3) is 7.40. The van der Waals surface area contributed by atoms with Gasteiger partial charge in [0.05, 0.1) is 29.3 Å². The molecule has 3 unspecified atom stereocenters. The number of likely N-dealkylation sites (N-methyl/N-ethyl adjacent to an activating group) is 1. The molecule has 58 heavy (non-hydrogen) atoms.